The molecule has 0 bridgehead atoms. The minimum absolute atomic E-state index is 0.179. The van der Waals surface area contributed by atoms with E-state index in [1.54, 1.807) is 12.1 Å². The highest BCUT2D eigenvalue weighted by Crippen LogP contribution is 2.28. The molecule has 1 aromatic carbocycles. The third-order valence-electron chi connectivity index (χ3n) is 2.93. The van der Waals surface area contributed by atoms with E-state index in [9.17, 15) is 4.39 Å². The van der Waals surface area contributed by atoms with Crippen molar-refractivity contribution in [1.82, 2.24) is 0 Å². The van der Waals surface area contributed by atoms with Crippen LogP contribution in [0.5, 0.6) is 0 Å². The maximum atomic E-state index is 14.1. The molecule has 0 spiro atoms. The monoisotopic (exact) mass is 332 g/mol. The van der Waals surface area contributed by atoms with E-state index in [2.05, 4.69) is 21.2 Å². The summed E-state index contributed by atoms with van der Waals surface area (Å²) in [5.74, 6) is -0.355. The lowest BCUT2D eigenvalue weighted by Crippen LogP contribution is -2.28. The van der Waals surface area contributed by atoms with Gasteiger partial charge in [0.15, 0.2) is 5.82 Å². The number of rotatable bonds is 3. The number of hydrogen-bond acceptors (Lipinski definition) is 3. The van der Waals surface area contributed by atoms with Gasteiger partial charge in [0, 0.05) is 24.8 Å². The summed E-state index contributed by atoms with van der Waals surface area (Å²) >= 11 is 8.05. The van der Waals surface area contributed by atoms with Crippen molar-refractivity contribution >= 4 is 38.8 Å². The van der Waals surface area contributed by atoms with E-state index < -0.39 is 0 Å². The predicted molar refractivity (Wildman–Crippen MR) is 77.5 cm³/mol. The van der Waals surface area contributed by atoms with Gasteiger partial charge in [-0.3, -0.25) is 0 Å². The molecule has 1 saturated heterocycles. The molecule has 1 fully saturated rings. The topological polar surface area (TPSA) is 47.3 Å². The van der Waals surface area contributed by atoms with Crippen molar-refractivity contribution in [3.63, 3.8) is 0 Å². The number of halogens is 2. The van der Waals surface area contributed by atoms with Crippen molar-refractivity contribution in [2.24, 2.45) is 5.73 Å². The molecule has 0 atom stereocenters. The van der Waals surface area contributed by atoms with Gasteiger partial charge in [-0.2, -0.15) is 0 Å². The summed E-state index contributed by atoms with van der Waals surface area (Å²) in [6.45, 7) is 1.43. The first-order valence-electron chi connectivity index (χ1n) is 5.71. The largest absolute Gasteiger partial charge is 0.389 e. The van der Waals surface area contributed by atoms with Crippen molar-refractivity contribution in [2.75, 3.05) is 18.5 Å². The summed E-state index contributed by atoms with van der Waals surface area (Å²) < 4.78 is 19.7. The van der Waals surface area contributed by atoms with Crippen LogP contribution < -0.4 is 11.1 Å². The van der Waals surface area contributed by atoms with E-state index >= 15 is 0 Å². The molecule has 18 heavy (non-hydrogen) atoms. The van der Waals surface area contributed by atoms with Crippen molar-refractivity contribution in [1.29, 1.82) is 0 Å². The number of hydrogen-bond donors (Lipinski definition) is 2. The minimum Gasteiger partial charge on any atom is -0.389 e. The van der Waals surface area contributed by atoms with Gasteiger partial charge in [-0.15, -0.1) is 0 Å². The molecule has 98 valence electrons. The highest BCUT2D eigenvalue weighted by Gasteiger charge is 2.17. The molecule has 0 amide bonds. The van der Waals surface area contributed by atoms with Gasteiger partial charge in [-0.25, -0.2) is 4.39 Å². The summed E-state index contributed by atoms with van der Waals surface area (Å²) in [5.41, 5.74) is 6.50. The van der Waals surface area contributed by atoms with Gasteiger partial charge in [-0.05, 0) is 40.9 Å². The molecule has 0 saturated carbocycles. The first-order valence-corrected chi connectivity index (χ1v) is 6.92. The van der Waals surface area contributed by atoms with Crippen LogP contribution in [-0.2, 0) is 4.74 Å². The highest BCUT2D eigenvalue weighted by atomic mass is 79.9. The lowest BCUT2D eigenvalue weighted by molar-refractivity contribution is 0.0904. The lowest BCUT2D eigenvalue weighted by atomic mass is 10.1. The maximum Gasteiger partial charge on any atom is 0.161 e. The van der Waals surface area contributed by atoms with Crippen molar-refractivity contribution in [3.05, 3.63) is 28.0 Å². The first kappa shape index (κ1) is 13.7. The molecule has 1 heterocycles. The molecule has 0 aromatic heterocycles. The van der Waals surface area contributed by atoms with Gasteiger partial charge in [0.25, 0.3) is 0 Å². The molecule has 0 radical (unpaired) electrons. The molecule has 0 aliphatic carbocycles. The summed E-state index contributed by atoms with van der Waals surface area (Å²) in [7, 11) is 0. The molecule has 3 nitrogen and oxygen atoms in total. The Morgan fingerprint density at radius 2 is 2.11 bits per heavy atom. The lowest BCUT2D eigenvalue weighted by Gasteiger charge is -2.24. The Kier molecular flexibility index (Phi) is 4.53. The van der Waals surface area contributed by atoms with Crippen LogP contribution in [0.15, 0.2) is 16.6 Å². The van der Waals surface area contributed by atoms with Crippen LogP contribution in [0.25, 0.3) is 0 Å². The van der Waals surface area contributed by atoms with Gasteiger partial charge < -0.3 is 15.8 Å². The quantitative estimate of drug-likeness (QED) is 0.835. The van der Waals surface area contributed by atoms with Crippen molar-refractivity contribution < 1.29 is 9.13 Å². The Morgan fingerprint density at radius 3 is 2.72 bits per heavy atom. The number of ether oxygens (including phenoxy) is 1. The molecular weight excluding hydrogens is 319 g/mol. The summed E-state index contributed by atoms with van der Waals surface area (Å²) in [6.07, 6.45) is 1.77. The van der Waals surface area contributed by atoms with Crippen LogP contribution in [-0.4, -0.2) is 24.2 Å². The molecule has 0 unspecified atom stereocenters. The summed E-state index contributed by atoms with van der Waals surface area (Å²) in [4.78, 5) is 0.179. The molecule has 1 aliphatic heterocycles. The molecule has 1 aliphatic rings. The molecule has 3 N–H and O–H groups in total. The zero-order valence-electron chi connectivity index (χ0n) is 9.71. The van der Waals surface area contributed by atoms with E-state index in [1.807, 2.05) is 0 Å². The third kappa shape index (κ3) is 2.99. The number of nitrogens with two attached hydrogens (primary N) is 1. The Balaban J connectivity index is 2.18. The average Bonchev–Trinajstić information content (AvgIpc) is 2.36. The first-order chi connectivity index (χ1) is 8.59. The second-order valence-corrected chi connectivity index (χ2v) is 5.42. The molecule has 6 heteroatoms. The Morgan fingerprint density at radius 1 is 1.44 bits per heavy atom. The van der Waals surface area contributed by atoms with E-state index in [1.165, 1.54) is 0 Å². The Hall–Kier alpha value is -0.720. The van der Waals surface area contributed by atoms with Crippen molar-refractivity contribution in [2.45, 2.75) is 18.9 Å². The normalized spacial score (nSPS) is 16.6. The number of benzene rings is 1. The fourth-order valence-corrected chi connectivity index (χ4v) is 2.77. The van der Waals surface area contributed by atoms with E-state index in [4.69, 9.17) is 22.7 Å². The zero-order chi connectivity index (χ0) is 13.1. The Bertz CT molecular complexity index is 464. The second-order valence-electron chi connectivity index (χ2n) is 4.18. The van der Waals surface area contributed by atoms with Crippen LogP contribution >= 0.6 is 28.1 Å². The smallest absolute Gasteiger partial charge is 0.161 e. The zero-order valence-corrected chi connectivity index (χ0v) is 12.1. The van der Waals surface area contributed by atoms with Crippen LogP contribution in [0.4, 0.5) is 10.1 Å². The predicted octanol–water partition coefficient (Wildman–Crippen LogP) is 2.81. The fourth-order valence-electron chi connectivity index (χ4n) is 1.91. The van der Waals surface area contributed by atoms with Crippen LogP contribution in [0.2, 0.25) is 0 Å². The molecule has 1 aromatic rings. The van der Waals surface area contributed by atoms with Crippen LogP contribution in [0.1, 0.15) is 18.4 Å². The summed E-state index contributed by atoms with van der Waals surface area (Å²) in [6, 6.07) is 3.64. The van der Waals surface area contributed by atoms with E-state index in [0.717, 1.165) is 12.8 Å². The van der Waals surface area contributed by atoms with Crippen molar-refractivity contribution in [3.8, 4) is 0 Å². The molecular formula is C12H14BrFN2OS. The number of anilines is 1. The standard InChI is InChI=1S/C12H14BrFN2OS/c13-10-8(12(15)18)1-2-9(11(10)14)16-7-3-5-17-6-4-7/h1-2,7,16H,3-6H2,(H2,15,18). The highest BCUT2D eigenvalue weighted by molar-refractivity contribution is 9.10. The number of nitrogens with one attached hydrogen (secondary N) is 1. The average molecular weight is 333 g/mol. The fraction of sp³-hybridized carbons (Fsp3) is 0.417. The Labute approximate surface area is 119 Å². The molecule has 2 rings (SSSR count). The second kappa shape index (κ2) is 5.95. The maximum absolute atomic E-state index is 14.1. The van der Waals surface area contributed by atoms with Gasteiger partial charge in [0.1, 0.15) is 4.99 Å². The number of thiocarbonyl (C=S) groups is 1. The summed E-state index contributed by atoms with van der Waals surface area (Å²) in [5, 5.41) is 3.19. The SMILES string of the molecule is NC(=S)c1ccc(NC2CCOCC2)c(F)c1Br. The van der Waals surface area contributed by atoms with Gasteiger partial charge in [0.2, 0.25) is 0 Å². The van der Waals surface area contributed by atoms with Gasteiger partial charge in [-0.1, -0.05) is 12.2 Å². The van der Waals surface area contributed by atoms with E-state index in [-0.39, 0.29) is 16.8 Å². The van der Waals surface area contributed by atoms with Crippen LogP contribution in [0, 0.1) is 5.82 Å². The van der Waals surface area contributed by atoms with Crippen LogP contribution in [0.3, 0.4) is 0 Å². The van der Waals surface area contributed by atoms with E-state index in [0.29, 0.717) is 28.9 Å². The van der Waals surface area contributed by atoms with Gasteiger partial charge in [0.05, 0.1) is 10.2 Å². The third-order valence-corrected chi connectivity index (χ3v) is 3.92. The van der Waals surface area contributed by atoms with Gasteiger partial charge >= 0.3 is 0 Å². The minimum atomic E-state index is -0.355.